The van der Waals surface area contributed by atoms with E-state index in [2.05, 4.69) is 26.1 Å². The highest BCUT2D eigenvalue weighted by atomic mass is 32.2. The number of hydrazone groups is 1. The number of carbonyl (C=O) groups excluding carboxylic acids is 1. The Balaban J connectivity index is 1.39. The van der Waals surface area contributed by atoms with Crippen molar-refractivity contribution in [1.82, 2.24) is 25.6 Å². The minimum absolute atomic E-state index is 0.120. The van der Waals surface area contributed by atoms with Gasteiger partial charge >= 0.3 is 0 Å². The van der Waals surface area contributed by atoms with Gasteiger partial charge in [0.2, 0.25) is 5.16 Å². The van der Waals surface area contributed by atoms with E-state index in [0.717, 1.165) is 5.69 Å². The predicted octanol–water partition coefficient (Wildman–Crippen LogP) is 3.08. The van der Waals surface area contributed by atoms with E-state index >= 15 is 0 Å². The molecule has 12 heteroatoms. The number of aromatic nitrogens is 4. The summed E-state index contributed by atoms with van der Waals surface area (Å²) in [5.41, 5.74) is 3.06. The fourth-order valence-corrected chi connectivity index (χ4v) is 3.26. The van der Waals surface area contributed by atoms with Crippen molar-refractivity contribution in [2.24, 2.45) is 5.10 Å². The number of tetrazole rings is 1. The third-order valence-electron chi connectivity index (χ3n) is 3.91. The number of amides is 1. The number of furan rings is 1. The second kappa shape index (κ2) is 9.00. The summed E-state index contributed by atoms with van der Waals surface area (Å²) >= 11 is 1.22. The molecule has 2 heterocycles. The first kappa shape index (κ1) is 20.0. The summed E-state index contributed by atoms with van der Waals surface area (Å²) in [6.07, 6.45) is 1.32. The highest BCUT2D eigenvalue weighted by Gasteiger charge is 2.13. The van der Waals surface area contributed by atoms with Gasteiger partial charge in [0, 0.05) is 17.7 Å². The summed E-state index contributed by atoms with van der Waals surface area (Å²) in [5, 5.41) is 27.4. The summed E-state index contributed by atoms with van der Waals surface area (Å²) in [4.78, 5) is 22.3. The Morgan fingerprint density at radius 3 is 2.81 bits per heavy atom. The van der Waals surface area contributed by atoms with Crippen molar-refractivity contribution in [2.75, 3.05) is 0 Å². The quantitative estimate of drug-likeness (QED) is 0.265. The summed E-state index contributed by atoms with van der Waals surface area (Å²) in [5.74, 6) is -0.191. The maximum atomic E-state index is 12.1. The van der Waals surface area contributed by atoms with Crippen LogP contribution >= 0.6 is 11.8 Å². The van der Waals surface area contributed by atoms with Crippen LogP contribution in [0.25, 0.3) is 5.69 Å². The van der Waals surface area contributed by atoms with Gasteiger partial charge in [0.1, 0.15) is 5.76 Å². The van der Waals surface area contributed by atoms with Gasteiger partial charge in [-0.3, -0.25) is 14.9 Å². The third kappa shape index (κ3) is 4.82. The first-order valence-electron chi connectivity index (χ1n) is 8.79. The van der Waals surface area contributed by atoms with Crippen molar-refractivity contribution in [2.45, 2.75) is 10.2 Å². The van der Waals surface area contributed by atoms with Crippen LogP contribution in [0.5, 0.6) is 0 Å². The molecule has 2 aromatic carbocycles. The number of hydrogen-bond donors (Lipinski definition) is 1. The number of benzene rings is 2. The number of nitrogens with zero attached hydrogens (tertiary/aromatic N) is 6. The van der Waals surface area contributed by atoms with Crippen LogP contribution in [-0.4, -0.2) is 37.3 Å². The van der Waals surface area contributed by atoms with E-state index < -0.39 is 10.8 Å². The molecule has 0 radical (unpaired) electrons. The molecular weight excluding hydrogens is 422 g/mol. The smallest absolute Gasteiger partial charge is 0.271 e. The fraction of sp³-hybridized carbons (Fsp3) is 0. The van der Waals surface area contributed by atoms with Gasteiger partial charge in [-0.05, 0) is 52.5 Å². The average molecular weight is 435 g/mol. The van der Waals surface area contributed by atoms with E-state index in [1.54, 1.807) is 16.8 Å². The maximum Gasteiger partial charge on any atom is 0.271 e. The molecule has 0 saturated heterocycles. The van der Waals surface area contributed by atoms with Crippen LogP contribution in [0, 0.1) is 10.1 Å². The monoisotopic (exact) mass is 435 g/mol. The van der Waals surface area contributed by atoms with Crippen molar-refractivity contribution >= 4 is 29.6 Å². The molecule has 1 amide bonds. The van der Waals surface area contributed by atoms with Crippen molar-refractivity contribution in [1.29, 1.82) is 0 Å². The maximum absolute atomic E-state index is 12.1. The molecule has 0 saturated carbocycles. The van der Waals surface area contributed by atoms with Gasteiger partial charge in [-0.2, -0.15) is 9.78 Å². The Morgan fingerprint density at radius 1 is 1.16 bits per heavy atom. The van der Waals surface area contributed by atoms with E-state index in [4.69, 9.17) is 4.42 Å². The van der Waals surface area contributed by atoms with Gasteiger partial charge in [0.05, 0.1) is 16.8 Å². The van der Waals surface area contributed by atoms with Gasteiger partial charge < -0.3 is 4.42 Å². The van der Waals surface area contributed by atoms with E-state index in [9.17, 15) is 14.9 Å². The summed E-state index contributed by atoms with van der Waals surface area (Å²) in [6.45, 7) is 0. The van der Waals surface area contributed by atoms with Crippen LogP contribution in [0.1, 0.15) is 16.1 Å². The molecule has 0 fully saturated rings. The lowest BCUT2D eigenvalue weighted by molar-refractivity contribution is -0.384. The average Bonchev–Trinajstić information content (AvgIpc) is 3.44. The van der Waals surface area contributed by atoms with Crippen molar-refractivity contribution in [3.05, 3.63) is 88.2 Å². The van der Waals surface area contributed by atoms with Gasteiger partial charge in [0.25, 0.3) is 11.6 Å². The Bertz CT molecular complexity index is 1250. The highest BCUT2D eigenvalue weighted by Crippen LogP contribution is 2.28. The van der Waals surface area contributed by atoms with Gasteiger partial charge in [0.15, 0.2) is 5.09 Å². The molecule has 2 aromatic heterocycles. The van der Waals surface area contributed by atoms with Crippen molar-refractivity contribution < 1.29 is 14.1 Å². The Kier molecular flexibility index (Phi) is 5.80. The zero-order valence-corrected chi connectivity index (χ0v) is 16.5. The molecule has 4 aromatic rings. The number of para-hydroxylation sites is 1. The topological polar surface area (TPSA) is 141 Å². The third-order valence-corrected chi connectivity index (χ3v) is 4.77. The summed E-state index contributed by atoms with van der Waals surface area (Å²) in [7, 11) is 0. The molecule has 0 aliphatic rings. The normalized spacial score (nSPS) is 11.0. The molecule has 154 valence electrons. The molecule has 0 aliphatic heterocycles. The van der Waals surface area contributed by atoms with Crippen LogP contribution in [0.3, 0.4) is 0 Å². The first-order chi connectivity index (χ1) is 15.1. The molecule has 11 nitrogen and oxygen atoms in total. The molecule has 0 spiro atoms. The number of non-ortho nitro benzene ring substituents is 1. The molecule has 0 bridgehead atoms. The number of hydrogen-bond acceptors (Lipinski definition) is 9. The standard InChI is InChI=1S/C19H13N7O4S/c27-18(13-5-4-8-15(11-13)26(28)29)21-20-12-16-9-10-17(30-16)31-19-22-23-24-25(19)14-6-2-1-3-7-14/h1-12H,(H,21,27). The molecular formula is C19H13N7O4S. The van der Waals surface area contributed by atoms with E-state index in [0.29, 0.717) is 16.0 Å². The largest absolute Gasteiger partial charge is 0.448 e. The van der Waals surface area contributed by atoms with Crippen LogP contribution in [0.15, 0.2) is 86.5 Å². The van der Waals surface area contributed by atoms with Crippen molar-refractivity contribution in [3.63, 3.8) is 0 Å². The fourth-order valence-electron chi connectivity index (χ4n) is 2.50. The second-order valence-corrected chi connectivity index (χ2v) is 6.95. The zero-order chi connectivity index (χ0) is 21.6. The molecule has 0 atom stereocenters. The second-order valence-electron chi connectivity index (χ2n) is 5.97. The lowest BCUT2D eigenvalue weighted by Gasteiger charge is -2.01. The minimum atomic E-state index is -0.580. The van der Waals surface area contributed by atoms with Gasteiger partial charge in [-0.25, -0.2) is 5.43 Å². The number of carbonyl (C=O) groups is 1. The highest BCUT2D eigenvalue weighted by molar-refractivity contribution is 7.99. The van der Waals surface area contributed by atoms with Gasteiger partial charge in [-0.1, -0.05) is 24.3 Å². The van der Waals surface area contributed by atoms with Crippen LogP contribution in [0.2, 0.25) is 0 Å². The Hall–Kier alpha value is -4.32. The van der Waals surface area contributed by atoms with E-state index in [-0.39, 0.29) is 11.3 Å². The van der Waals surface area contributed by atoms with E-state index in [1.807, 2.05) is 30.3 Å². The first-order valence-corrected chi connectivity index (χ1v) is 9.61. The number of nitro groups is 1. The summed E-state index contributed by atoms with van der Waals surface area (Å²) in [6, 6.07) is 18.2. The molecule has 31 heavy (non-hydrogen) atoms. The summed E-state index contributed by atoms with van der Waals surface area (Å²) < 4.78 is 7.23. The molecule has 1 N–H and O–H groups in total. The number of nitro benzene ring substituents is 1. The molecule has 4 rings (SSSR count). The SMILES string of the molecule is O=C(NN=Cc1ccc(Sc2nnnn2-c2ccccc2)o1)c1cccc([N+](=O)[O-])c1. The zero-order valence-electron chi connectivity index (χ0n) is 15.7. The number of rotatable bonds is 7. The minimum Gasteiger partial charge on any atom is -0.448 e. The van der Waals surface area contributed by atoms with Gasteiger partial charge in [-0.15, -0.1) is 5.10 Å². The van der Waals surface area contributed by atoms with E-state index in [1.165, 1.54) is 42.2 Å². The van der Waals surface area contributed by atoms with Crippen LogP contribution < -0.4 is 5.43 Å². The number of nitrogens with one attached hydrogen (secondary N) is 1. The van der Waals surface area contributed by atoms with Crippen molar-refractivity contribution in [3.8, 4) is 5.69 Å². The Labute approximate surface area is 178 Å². The predicted molar refractivity (Wildman–Crippen MR) is 110 cm³/mol. The lowest BCUT2D eigenvalue weighted by atomic mass is 10.2. The van der Waals surface area contributed by atoms with Crippen LogP contribution in [0.4, 0.5) is 5.69 Å². The Morgan fingerprint density at radius 2 is 2.00 bits per heavy atom. The molecule has 0 unspecified atom stereocenters. The molecule has 0 aliphatic carbocycles. The van der Waals surface area contributed by atoms with Crippen LogP contribution in [-0.2, 0) is 0 Å². The lowest BCUT2D eigenvalue weighted by Crippen LogP contribution is -2.17.